The lowest BCUT2D eigenvalue weighted by Crippen LogP contribution is -2.38. The monoisotopic (exact) mass is 675 g/mol. The number of nitrogens with zero attached hydrogens (tertiary/aromatic N) is 2. The highest BCUT2D eigenvalue weighted by Gasteiger charge is 2.54. The van der Waals surface area contributed by atoms with Crippen molar-refractivity contribution in [2.24, 2.45) is 5.16 Å². The topological polar surface area (TPSA) is 119 Å². The van der Waals surface area contributed by atoms with Crippen LogP contribution < -0.4 is 24.4 Å². The standard InChI is InChI=1S/C33H33ClF3N3O7/c1-5-27(31(42)43)47-39-18(2)19-12-21(15-23(13-19)44-3)38-29(24-8-6-20(34)14-28(24)45-4)30(41)40-17-32(10-11-32)25-9-7-22(16-26(25)40)46-33(35,36)37/h6-9,12-16,27,29,38H,5,10-11,17H2,1-4H3,(H,42,43). The Morgan fingerprint density at radius 3 is 2.43 bits per heavy atom. The maximum absolute atomic E-state index is 14.6. The predicted octanol–water partition coefficient (Wildman–Crippen LogP) is 7.09. The Hall–Kier alpha value is -4.65. The van der Waals surface area contributed by atoms with E-state index in [1.807, 2.05) is 0 Å². The summed E-state index contributed by atoms with van der Waals surface area (Å²) in [6.45, 7) is 3.57. The van der Waals surface area contributed by atoms with E-state index in [4.69, 9.17) is 25.9 Å². The zero-order chi connectivity index (χ0) is 34.1. The lowest BCUT2D eigenvalue weighted by molar-refractivity contribution is -0.274. The van der Waals surface area contributed by atoms with Crippen LogP contribution in [0.4, 0.5) is 24.5 Å². The van der Waals surface area contributed by atoms with Gasteiger partial charge < -0.3 is 34.4 Å². The number of amides is 1. The van der Waals surface area contributed by atoms with Crippen LogP contribution in [-0.4, -0.2) is 55.9 Å². The zero-order valence-corrected chi connectivity index (χ0v) is 26.7. The second kappa shape index (κ2) is 13.2. The van der Waals surface area contributed by atoms with Crippen LogP contribution >= 0.6 is 11.6 Å². The van der Waals surface area contributed by atoms with Gasteiger partial charge in [0.05, 0.1) is 25.6 Å². The van der Waals surface area contributed by atoms with Crippen LogP contribution in [-0.2, 0) is 19.8 Å². The number of rotatable bonds is 12. The number of benzene rings is 3. The number of halogens is 4. The van der Waals surface area contributed by atoms with Crippen LogP contribution in [0.1, 0.15) is 55.8 Å². The van der Waals surface area contributed by atoms with E-state index in [2.05, 4.69) is 15.2 Å². The van der Waals surface area contributed by atoms with Crippen molar-refractivity contribution in [3.05, 3.63) is 76.3 Å². The van der Waals surface area contributed by atoms with Gasteiger partial charge in [-0.25, -0.2) is 4.79 Å². The number of oxime groups is 1. The number of carbonyl (C=O) groups is 2. The van der Waals surface area contributed by atoms with E-state index in [-0.39, 0.29) is 18.4 Å². The molecule has 2 N–H and O–H groups in total. The summed E-state index contributed by atoms with van der Waals surface area (Å²) < 4.78 is 54.7. The molecule has 0 radical (unpaired) electrons. The number of alkyl halides is 3. The number of hydrogen-bond acceptors (Lipinski definition) is 8. The molecule has 0 aromatic heterocycles. The lowest BCUT2D eigenvalue weighted by atomic mass is 9.99. The number of nitrogens with one attached hydrogen (secondary N) is 1. The molecule has 5 rings (SSSR count). The number of carboxylic acids is 1. The Labute approximate surface area is 274 Å². The van der Waals surface area contributed by atoms with Gasteiger partial charge in [-0.15, -0.1) is 13.2 Å². The predicted molar refractivity (Wildman–Crippen MR) is 169 cm³/mol. The molecule has 2 unspecified atom stereocenters. The van der Waals surface area contributed by atoms with Gasteiger partial charge in [-0.2, -0.15) is 0 Å². The number of fused-ring (bicyclic) bond motifs is 2. The van der Waals surface area contributed by atoms with Crippen molar-refractivity contribution in [3.8, 4) is 17.2 Å². The van der Waals surface area contributed by atoms with Gasteiger partial charge in [0.1, 0.15) is 23.3 Å². The van der Waals surface area contributed by atoms with Crippen LogP contribution in [0.3, 0.4) is 0 Å². The maximum atomic E-state index is 14.6. The highest BCUT2D eigenvalue weighted by Crippen LogP contribution is 2.57. The highest BCUT2D eigenvalue weighted by molar-refractivity contribution is 6.30. The second-order valence-electron chi connectivity index (χ2n) is 11.4. The van der Waals surface area contributed by atoms with Crippen molar-refractivity contribution in [3.63, 3.8) is 0 Å². The first-order valence-corrected chi connectivity index (χ1v) is 15.1. The maximum Gasteiger partial charge on any atom is 0.573 e. The summed E-state index contributed by atoms with van der Waals surface area (Å²) in [5, 5.41) is 17.0. The van der Waals surface area contributed by atoms with E-state index < -0.39 is 36.1 Å². The minimum absolute atomic E-state index is 0.203. The van der Waals surface area contributed by atoms with Crippen LogP contribution in [0, 0.1) is 0 Å². The van der Waals surface area contributed by atoms with E-state index >= 15 is 0 Å². The lowest BCUT2D eigenvalue weighted by Gasteiger charge is -2.28. The van der Waals surface area contributed by atoms with Gasteiger partial charge in [-0.05, 0) is 62.1 Å². The zero-order valence-electron chi connectivity index (χ0n) is 26.0. The first-order valence-electron chi connectivity index (χ1n) is 14.7. The van der Waals surface area contributed by atoms with Crippen LogP contribution in [0.2, 0.25) is 5.02 Å². The third kappa shape index (κ3) is 7.35. The number of ether oxygens (including phenoxy) is 3. The first-order chi connectivity index (χ1) is 22.3. The molecule has 10 nitrogen and oxygen atoms in total. The molecule has 1 saturated carbocycles. The molecule has 2 aliphatic rings. The van der Waals surface area contributed by atoms with E-state index in [1.54, 1.807) is 56.3 Å². The van der Waals surface area contributed by atoms with Crippen molar-refractivity contribution in [2.45, 2.75) is 57.0 Å². The van der Waals surface area contributed by atoms with Crippen LogP contribution in [0.15, 0.2) is 59.8 Å². The summed E-state index contributed by atoms with van der Waals surface area (Å²) >= 11 is 6.25. The van der Waals surface area contributed by atoms with Crippen molar-refractivity contribution >= 4 is 40.6 Å². The smallest absolute Gasteiger partial charge is 0.497 e. The van der Waals surface area contributed by atoms with E-state index in [1.165, 1.54) is 31.3 Å². The van der Waals surface area contributed by atoms with Crippen molar-refractivity contribution in [2.75, 3.05) is 31.0 Å². The number of aliphatic carboxylic acids is 1. The molecule has 2 atom stereocenters. The summed E-state index contributed by atoms with van der Waals surface area (Å²) in [7, 11) is 2.90. The third-order valence-corrected chi connectivity index (χ3v) is 8.47. The quantitative estimate of drug-likeness (QED) is 0.154. The molecule has 1 amide bonds. The van der Waals surface area contributed by atoms with Gasteiger partial charge in [-0.1, -0.05) is 35.8 Å². The van der Waals surface area contributed by atoms with Crippen LogP contribution in [0.5, 0.6) is 17.2 Å². The molecule has 1 spiro atoms. The third-order valence-electron chi connectivity index (χ3n) is 8.23. The van der Waals surface area contributed by atoms with E-state index in [0.717, 1.165) is 18.4 Å². The molecule has 250 valence electrons. The molecule has 14 heteroatoms. The average molecular weight is 676 g/mol. The Morgan fingerprint density at radius 1 is 1.06 bits per heavy atom. The largest absolute Gasteiger partial charge is 0.573 e. The first kappa shape index (κ1) is 33.7. The minimum atomic E-state index is -4.90. The molecular weight excluding hydrogens is 643 g/mol. The van der Waals surface area contributed by atoms with Gasteiger partial charge >= 0.3 is 12.3 Å². The summed E-state index contributed by atoms with van der Waals surface area (Å²) in [5.74, 6) is -1.32. The molecular formula is C33H33ClF3N3O7. The number of methoxy groups -OCH3 is 2. The highest BCUT2D eigenvalue weighted by atomic mass is 35.5. The molecule has 0 bridgehead atoms. The summed E-state index contributed by atoms with van der Waals surface area (Å²) in [4.78, 5) is 32.7. The minimum Gasteiger partial charge on any atom is -0.497 e. The molecule has 47 heavy (non-hydrogen) atoms. The fraction of sp³-hybridized carbons (Fsp3) is 0.364. The molecule has 1 fully saturated rings. The molecule has 3 aromatic rings. The van der Waals surface area contributed by atoms with E-state index in [0.29, 0.717) is 44.7 Å². The molecule has 3 aromatic carbocycles. The van der Waals surface area contributed by atoms with Gasteiger partial charge in [-0.3, -0.25) is 4.79 Å². The van der Waals surface area contributed by atoms with Gasteiger partial charge in [0.2, 0.25) is 6.10 Å². The Bertz CT molecular complexity index is 1710. The van der Waals surface area contributed by atoms with Crippen molar-refractivity contribution in [1.29, 1.82) is 0 Å². The number of carboxylic acid groups (broad SMARTS) is 1. The van der Waals surface area contributed by atoms with Gasteiger partial charge in [0.15, 0.2) is 0 Å². The number of hydrogen-bond donors (Lipinski definition) is 2. The normalized spacial score (nSPS) is 16.3. The molecule has 0 saturated heterocycles. The van der Waals surface area contributed by atoms with Crippen molar-refractivity contribution in [1.82, 2.24) is 0 Å². The second-order valence-corrected chi connectivity index (χ2v) is 11.8. The summed E-state index contributed by atoms with van der Waals surface area (Å²) in [5.41, 5.74) is 2.48. The molecule has 1 heterocycles. The summed E-state index contributed by atoms with van der Waals surface area (Å²) in [6, 6.07) is 12.8. The van der Waals surface area contributed by atoms with Crippen LogP contribution in [0.25, 0.3) is 0 Å². The fourth-order valence-electron chi connectivity index (χ4n) is 5.65. The molecule has 1 aliphatic carbocycles. The SMILES string of the molecule is CCC(ON=C(C)c1cc(NC(C(=O)N2CC3(CC3)c3ccc(OC(F)(F)F)cc32)c2ccc(Cl)cc2OC)cc(OC)c1)C(=O)O. The fourth-order valence-corrected chi connectivity index (χ4v) is 5.81. The van der Waals surface area contributed by atoms with Gasteiger partial charge in [0, 0.05) is 45.9 Å². The van der Waals surface area contributed by atoms with E-state index in [9.17, 15) is 27.9 Å². The average Bonchev–Trinajstić information content (AvgIpc) is 3.74. The summed E-state index contributed by atoms with van der Waals surface area (Å²) in [6.07, 6.45) is -4.26. The van der Waals surface area contributed by atoms with Crippen molar-refractivity contribution < 1.29 is 46.9 Å². The van der Waals surface area contributed by atoms with Gasteiger partial charge in [0.25, 0.3) is 5.91 Å². The Balaban J connectivity index is 1.56. The Morgan fingerprint density at radius 2 is 1.81 bits per heavy atom. The Kier molecular flexibility index (Phi) is 9.48. The number of anilines is 2. The number of carbonyl (C=O) groups excluding carboxylic acids is 1. The molecule has 1 aliphatic heterocycles.